The zero-order valence-corrected chi connectivity index (χ0v) is 13.6. The number of hydrogen-bond acceptors (Lipinski definition) is 4. The van der Waals surface area contributed by atoms with E-state index in [-0.39, 0.29) is 12.4 Å². The molecule has 1 atom stereocenters. The smallest absolute Gasteiger partial charge is 0.320 e. The van der Waals surface area contributed by atoms with Gasteiger partial charge in [-0.15, -0.1) is 0 Å². The summed E-state index contributed by atoms with van der Waals surface area (Å²) in [5.74, 6) is -0.445. The molecule has 3 N–H and O–H groups in total. The predicted octanol–water partition coefficient (Wildman–Crippen LogP) is 2.62. The predicted molar refractivity (Wildman–Crippen MR) is 84.6 cm³/mol. The second-order valence-electron chi connectivity index (χ2n) is 6.66. The minimum atomic E-state index is -1.04. The third-order valence-corrected chi connectivity index (χ3v) is 3.38. The van der Waals surface area contributed by atoms with Gasteiger partial charge in [-0.25, -0.2) is 0 Å². The third-order valence-electron chi connectivity index (χ3n) is 3.38. The first-order valence-electron chi connectivity index (χ1n) is 7.41. The standard InChI is InChI=1S/C17H25NO4/c1-11(2)10-17(3,4)16(21)22-13-7-5-12(6-8-13)9-14(18)15(19)20/h5-8,11,14H,9-10,18H2,1-4H3,(H,19,20). The van der Waals surface area contributed by atoms with Crippen LogP contribution >= 0.6 is 0 Å². The Kier molecular flexibility index (Phi) is 6.11. The highest BCUT2D eigenvalue weighted by atomic mass is 16.5. The Morgan fingerprint density at radius 3 is 2.23 bits per heavy atom. The first-order valence-corrected chi connectivity index (χ1v) is 7.41. The van der Waals surface area contributed by atoms with Crippen LogP contribution in [0.1, 0.15) is 39.7 Å². The maximum absolute atomic E-state index is 12.2. The van der Waals surface area contributed by atoms with E-state index >= 15 is 0 Å². The Hall–Kier alpha value is -1.88. The van der Waals surface area contributed by atoms with Crippen molar-refractivity contribution in [1.29, 1.82) is 0 Å². The van der Waals surface area contributed by atoms with Gasteiger partial charge in [-0.2, -0.15) is 0 Å². The van der Waals surface area contributed by atoms with E-state index in [1.807, 2.05) is 13.8 Å². The Morgan fingerprint density at radius 1 is 1.23 bits per heavy atom. The van der Waals surface area contributed by atoms with Gasteiger partial charge in [-0.05, 0) is 50.3 Å². The summed E-state index contributed by atoms with van der Waals surface area (Å²) in [6, 6.07) is 5.83. The molecular formula is C17H25NO4. The van der Waals surface area contributed by atoms with Crippen LogP contribution in [0.3, 0.4) is 0 Å². The molecule has 0 aromatic heterocycles. The Labute approximate surface area is 131 Å². The molecule has 0 spiro atoms. The number of carboxylic acid groups (broad SMARTS) is 1. The molecule has 5 heteroatoms. The molecule has 0 aliphatic rings. The van der Waals surface area contributed by atoms with Crippen molar-refractivity contribution in [2.75, 3.05) is 0 Å². The highest BCUT2D eigenvalue weighted by molar-refractivity contribution is 5.78. The van der Waals surface area contributed by atoms with Gasteiger partial charge in [0.2, 0.25) is 0 Å². The van der Waals surface area contributed by atoms with Gasteiger partial charge in [0.15, 0.2) is 0 Å². The highest BCUT2D eigenvalue weighted by Crippen LogP contribution is 2.28. The number of carboxylic acids is 1. The fourth-order valence-corrected chi connectivity index (χ4v) is 2.38. The van der Waals surface area contributed by atoms with E-state index < -0.39 is 17.4 Å². The van der Waals surface area contributed by atoms with E-state index in [9.17, 15) is 9.59 Å². The zero-order chi connectivity index (χ0) is 16.9. The maximum Gasteiger partial charge on any atom is 0.320 e. The summed E-state index contributed by atoms with van der Waals surface area (Å²) in [5.41, 5.74) is 5.73. The van der Waals surface area contributed by atoms with Gasteiger partial charge in [0.25, 0.3) is 0 Å². The van der Waals surface area contributed by atoms with Gasteiger partial charge < -0.3 is 15.6 Å². The van der Waals surface area contributed by atoms with E-state index in [0.717, 1.165) is 12.0 Å². The minimum Gasteiger partial charge on any atom is -0.480 e. The van der Waals surface area contributed by atoms with Crippen molar-refractivity contribution in [2.24, 2.45) is 17.1 Å². The first kappa shape index (κ1) is 18.2. The van der Waals surface area contributed by atoms with Crippen LogP contribution in [-0.2, 0) is 16.0 Å². The Bertz CT molecular complexity index is 520. The van der Waals surface area contributed by atoms with Gasteiger partial charge >= 0.3 is 11.9 Å². The average molecular weight is 307 g/mol. The minimum absolute atomic E-state index is 0.238. The number of esters is 1. The number of aliphatic carboxylic acids is 1. The van der Waals surface area contributed by atoms with Crippen molar-refractivity contribution in [2.45, 2.75) is 46.6 Å². The molecule has 22 heavy (non-hydrogen) atoms. The normalized spacial score (nSPS) is 13.0. The molecule has 0 amide bonds. The fraction of sp³-hybridized carbons (Fsp3) is 0.529. The molecular weight excluding hydrogens is 282 g/mol. The second-order valence-corrected chi connectivity index (χ2v) is 6.66. The number of carbonyl (C=O) groups is 2. The van der Waals surface area contributed by atoms with Crippen LogP contribution in [0.15, 0.2) is 24.3 Å². The van der Waals surface area contributed by atoms with E-state index in [2.05, 4.69) is 13.8 Å². The van der Waals surface area contributed by atoms with Crippen LogP contribution in [0, 0.1) is 11.3 Å². The van der Waals surface area contributed by atoms with Crippen molar-refractivity contribution in [3.8, 4) is 5.75 Å². The van der Waals surface area contributed by atoms with Crippen molar-refractivity contribution < 1.29 is 19.4 Å². The summed E-state index contributed by atoms with van der Waals surface area (Å²) in [7, 11) is 0. The molecule has 1 unspecified atom stereocenters. The molecule has 0 fully saturated rings. The number of carbonyl (C=O) groups excluding carboxylic acids is 1. The zero-order valence-electron chi connectivity index (χ0n) is 13.6. The van der Waals surface area contributed by atoms with Gasteiger partial charge in [0.05, 0.1) is 5.41 Å². The lowest BCUT2D eigenvalue weighted by Crippen LogP contribution is -2.32. The average Bonchev–Trinajstić information content (AvgIpc) is 2.39. The van der Waals surface area contributed by atoms with E-state index in [4.69, 9.17) is 15.6 Å². The van der Waals surface area contributed by atoms with Crippen molar-refractivity contribution in [1.82, 2.24) is 0 Å². The summed E-state index contributed by atoms with van der Waals surface area (Å²) in [6.07, 6.45) is 0.986. The molecule has 1 aromatic rings. The molecule has 122 valence electrons. The largest absolute Gasteiger partial charge is 0.480 e. The number of nitrogens with two attached hydrogens (primary N) is 1. The topological polar surface area (TPSA) is 89.6 Å². The first-order chi connectivity index (χ1) is 10.1. The van der Waals surface area contributed by atoms with Crippen LogP contribution in [0.2, 0.25) is 0 Å². The molecule has 0 bridgehead atoms. The van der Waals surface area contributed by atoms with Crippen LogP contribution < -0.4 is 10.5 Å². The highest BCUT2D eigenvalue weighted by Gasteiger charge is 2.30. The molecule has 0 radical (unpaired) electrons. The second kappa shape index (κ2) is 7.40. The monoisotopic (exact) mass is 307 g/mol. The third kappa shape index (κ3) is 5.48. The van der Waals surface area contributed by atoms with Crippen molar-refractivity contribution >= 4 is 11.9 Å². The summed E-state index contributed by atoms with van der Waals surface area (Å²) in [4.78, 5) is 22.9. The van der Waals surface area contributed by atoms with Crippen LogP contribution in [0.25, 0.3) is 0 Å². The van der Waals surface area contributed by atoms with Crippen molar-refractivity contribution in [3.05, 3.63) is 29.8 Å². The van der Waals surface area contributed by atoms with E-state index in [0.29, 0.717) is 11.7 Å². The number of rotatable bonds is 7. The number of benzene rings is 1. The summed E-state index contributed by atoms with van der Waals surface area (Å²) >= 11 is 0. The van der Waals surface area contributed by atoms with Crippen LogP contribution in [-0.4, -0.2) is 23.1 Å². The lowest BCUT2D eigenvalue weighted by Gasteiger charge is -2.24. The van der Waals surface area contributed by atoms with Gasteiger partial charge in [0, 0.05) is 0 Å². The fourth-order valence-electron chi connectivity index (χ4n) is 2.38. The maximum atomic E-state index is 12.2. The molecule has 0 heterocycles. The quantitative estimate of drug-likeness (QED) is 0.597. The van der Waals surface area contributed by atoms with Gasteiger partial charge in [-0.1, -0.05) is 26.0 Å². The lowest BCUT2D eigenvalue weighted by atomic mass is 9.84. The van der Waals surface area contributed by atoms with E-state index in [1.54, 1.807) is 24.3 Å². The molecule has 5 nitrogen and oxygen atoms in total. The van der Waals surface area contributed by atoms with Gasteiger partial charge in [-0.3, -0.25) is 9.59 Å². The summed E-state index contributed by atoms with van der Waals surface area (Å²) in [5, 5.41) is 8.78. The molecule has 1 aromatic carbocycles. The number of ether oxygens (including phenoxy) is 1. The van der Waals surface area contributed by atoms with Gasteiger partial charge in [0.1, 0.15) is 11.8 Å². The lowest BCUT2D eigenvalue weighted by molar-refractivity contribution is -0.144. The molecule has 0 saturated carbocycles. The van der Waals surface area contributed by atoms with Crippen LogP contribution in [0.5, 0.6) is 5.75 Å². The van der Waals surface area contributed by atoms with Crippen molar-refractivity contribution in [3.63, 3.8) is 0 Å². The molecule has 0 aliphatic heterocycles. The summed E-state index contributed by atoms with van der Waals surface area (Å²) in [6.45, 7) is 7.87. The van der Waals surface area contributed by atoms with Crippen LogP contribution in [0.4, 0.5) is 0 Å². The Balaban J connectivity index is 2.68. The summed E-state index contributed by atoms with van der Waals surface area (Å²) < 4.78 is 5.40. The SMILES string of the molecule is CC(C)CC(C)(C)C(=O)Oc1ccc(CC(N)C(=O)O)cc1. The van der Waals surface area contributed by atoms with E-state index in [1.165, 1.54) is 0 Å². The molecule has 0 aliphatic carbocycles. The molecule has 0 saturated heterocycles. The number of hydrogen-bond donors (Lipinski definition) is 2. The Morgan fingerprint density at radius 2 is 1.77 bits per heavy atom. The molecule has 1 rings (SSSR count).